The van der Waals surface area contributed by atoms with E-state index in [0.29, 0.717) is 23.6 Å². The lowest BCUT2D eigenvalue weighted by Gasteiger charge is -2.12. The van der Waals surface area contributed by atoms with E-state index in [9.17, 15) is 19.5 Å². The highest BCUT2D eigenvalue weighted by atomic mass is 32.1. The highest BCUT2D eigenvalue weighted by molar-refractivity contribution is 7.17. The Morgan fingerprint density at radius 2 is 2.07 bits per heavy atom. The number of carboxylic acid groups (broad SMARTS) is 1. The molecule has 0 spiro atoms. The fourth-order valence-electron chi connectivity index (χ4n) is 3.11. The smallest absolute Gasteiger partial charge is 0.341 e. The van der Waals surface area contributed by atoms with Crippen molar-refractivity contribution in [1.82, 2.24) is 9.78 Å². The van der Waals surface area contributed by atoms with E-state index in [1.165, 1.54) is 22.2 Å². The van der Waals surface area contributed by atoms with Crippen LogP contribution in [0.15, 0.2) is 6.20 Å². The Labute approximate surface area is 160 Å². The summed E-state index contributed by atoms with van der Waals surface area (Å²) in [5.41, 5.74) is 0.946. The Bertz CT molecular complexity index is 899. The maximum atomic E-state index is 12.7. The van der Waals surface area contributed by atoms with E-state index in [4.69, 9.17) is 4.74 Å². The third-order valence-electron chi connectivity index (χ3n) is 4.31. The molecule has 144 valence electrons. The second kappa shape index (κ2) is 7.91. The zero-order valence-corrected chi connectivity index (χ0v) is 16.0. The lowest BCUT2D eigenvalue weighted by Crippen LogP contribution is -2.18. The normalized spacial score (nSPS) is 13.1. The van der Waals surface area contributed by atoms with Gasteiger partial charge in [0.25, 0.3) is 5.91 Å². The van der Waals surface area contributed by atoms with Gasteiger partial charge in [0.1, 0.15) is 10.6 Å². The second-order valence-electron chi connectivity index (χ2n) is 6.38. The first kappa shape index (κ1) is 19.1. The molecule has 1 aliphatic rings. The zero-order valence-electron chi connectivity index (χ0n) is 15.2. The number of aromatic carboxylic acids is 1. The van der Waals surface area contributed by atoms with Gasteiger partial charge in [0.05, 0.1) is 12.2 Å². The van der Waals surface area contributed by atoms with Gasteiger partial charge in [-0.2, -0.15) is 5.10 Å². The molecule has 2 N–H and O–H groups in total. The van der Waals surface area contributed by atoms with Crippen LogP contribution < -0.4 is 5.32 Å². The molecule has 8 nitrogen and oxygen atoms in total. The minimum absolute atomic E-state index is 0.188. The molecule has 0 bridgehead atoms. The van der Waals surface area contributed by atoms with Crippen molar-refractivity contribution in [3.8, 4) is 0 Å². The third-order valence-corrected chi connectivity index (χ3v) is 5.52. The molecule has 1 amide bonds. The quantitative estimate of drug-likeness (QED) is 0.733. The van der Waals surface area contributed by atoms with Gasteiger partial charge in [0.2, 0.25) is 0 Å². The van der Waals surface area contributed by atoms with Crippen LogP contribution in [-0.2, 0) is 24.6 Å². The summed E-state index contributed by atoms with van der Waals surface area (Å²) in [5, 5.41) is 16.3. The SMILES string of the molecule is CCCOC(=O)c1c(NC(=O)c2nn(C)cc2C(=O)O)sc2c1CCCC2. The first-order chi connectivity index (χ1) is 12.9. The van der Waals surface area contributed by atoms with E-state index in [1.807, 2.05) is 6.92 Å². The number of anilines is 1. The molecule has 0 atom stereocenters. The first-order valence-electron chi connectivity index (χ1n) is 8.82. The number of rotatable bonds is 6. The largest absolute Gasteiger partial charge is 0.478 e. The van der Waals surface area contributed by atoms with E-state index in [2.05, 4.69) is 10.4 Å². The molecule has 0 aliphatic heterocycles. The van der Waals surface area contributed by atoms with Crippen LogP contribution >= 0.6 is 11.3 Å². The maximum absolute atomic E-state index is 12.7. The van der Waals surface area contributed by atoms with Gasteiger partial charge in [-0.05, 0) is 37.7 Å². The summed E-state index contributed by atoms with van der Waals surface area (Å²) < 4.78 is 6.57. The highest BCUT2D eigenvalue weighted by Crippen LogP contribution is 2.38. The van der Waals surface area contributed by atoms with Gasteiger partial charge in [0.15, 0.2) is 5.69 Å². The van der Waals surface area contributed by atoms with Gasteiger partial charge >= 0.3 is 11.9 Å². The minimum atomic E-state index is -1.23. The van der Waals surface area contributed by atoms with Crippen LogP contribution in [-0.4, -0.2) is 39.3 Å². The van der Waals surface area contributed by atoms with E-state index in [-0.39, 0.29) is 11.3 Å². The Morgan fingerprint density at radius 1 is 1.33 bits per heavy atom. The Morgan fingerprint density at radius 3 is 2.78 bits per heavy atom. The van der Waals surface area contributed by atoms with Crippen molar-refractivity contribution in [2.24, 2.45) is 7.05 Å². The third kappa shape index (κ3) is 3.87. The molecule has 0 aromatic carbocycles. The fraction of sp³-hybridized carbons (Fsp3) is 0.444. The molecule has 0 fully saturated rings. The predicted molar refractivity (Wildman–Crippen MR) is 99.7 cm³/mol. The number of aryl methyl sites for hydroxylation is 2. The van der Waals surface area contributed by atoms with E-state index < -0.39 is 17.8 Å². The van der Waals surface area contributed by atoms with Crippen LogP contribution in [0.2, 0.25) is 0 Å². The summed E-state index contributed by atoms with van der Waals surface area (Å²) in [6.45, 7) is 2.22. The first-order valence-corrected chi connectivity index (χ1v) is 9.64. The number of nitrogens with one attached hydrogen (secondary N) is 1. The molecule has 1 aliphatic carbocycles. The number of carbonyl (C=O) groups is 3. The summed E-state index contributed by atoms with van der Waals surface area (Å²) in [4.78, 5) is 37.6. The number of nitrogens with zero attached hydrogens (tertiary/aromatic N) is 2. The predicted octanol–water partition coefficient (Wildman–Crippen LogP) is 2.88. The molecule has 2 aromatic rings. The number of thiophene rings is 1. The number of carbonyl (C=O) groups excluding carboxylic acids is 2. The Balaban J connectivity index is 1.94. The van der Waals surface area contributed by atoms with Crippen LogP contribution in [0.4, 0.5) is 5.00 Å². The number of hydrogen-bond donors (Lipinski definition) is 2. The van der Waals surface area contributed by atoms with Crippen LogP contribution in [0, 0.1) is 0 Å². The number of esters is 1. The van der Waals surface area contributed by atoms with Crippen molar-refractivity contribution >= 4 is 34.2 Å². The molecule has 0 unspecified atom stereocenters. The van der Waals surface area contributed by atoms with Gasteiger partial charge < -0.3 is 15.2 Å². The highest BCUT2D eigenvalue weighted by Gasteiger charge is 2.29. The van der Waals surface area contributed by atoms with Crippen molar-refractivity contribution in [1.29, 1.82) is 0 Å². The molecule has 0 radical (unpaired) electrons. The van der Waals surface area contributed by atoms with Crippen LogP contribution in [0.1, 0.15) is 67.8 Å². The maximum Gasteiger partial charge on any atom is 0.341 e. The minimum Gasteiger partial charge on any atom is -0.478 e. The molecule has 9 heteroatoms. The van der Waals surface area contributed by atoms with Gasteiger partial charge in [-0.25, -0.2) is 9.59 Å². The topological polar surface area (TPSA) is 111 Å². The molecule has 0 saturated heterocycles. The van der Waals surface area contributed by atoms with Crippen LogP contribution in [0.3, 0.4) is 0 Å². The van der Waals surface area contributed by atoms with Crippen molar-refractivity contribution in [3.63, 3.8) is 0 Å². The summed E-state index contributed by atoms with van der Waals surface area (Å²) in [5.74, 6) is -2.34. The lowest BCUT2D eigenvalue weighted by atomic mass is 9.95. The monoisotopic (exact) mass is 391 g/mol. The average molecular weight is 391 g/mol. The van der Waals surface area contributed by atoms with Crippen LogP contribution in [0.25, 0.3) is 0 Å². The van der Waals surface area contributed by atoms with Crippen molar-refractivity contribution in [3.05, 3.63) is 33.5 Å². The van der Waals surface area contributed by atoms with Gasteiger partial charge in [-0.3, -0.25) is 9.48 Å². The average Bonchev–Trinajstić information content (AvgIpc) is 3.20. The molecule has 2 heterocycles. The summed E-state index contributed by atoms with van der Waals surface area (Å²) in [6.07, 6.45) is 5.61. The number of aromatic nitrogens is 2. The van der Waals surface area contributed by atoms with Gasteiger partial charge in [0, 0.05) is 18.1 Å². The number of hydrogen-bond acceptors (Lipinski definition) is 6. The number of fused-ring (bicyclic) bond motifs is 1. The molecule has 0 saturated carbocycles. The molecular weight excluding hydrogens is 370 g/mol. The zero-order chi connectivity index (χ0) is 19.6. The summed E-state index contributed by atoms with van der Waals surface area (Å²) in [6, 6.07) is 0. The van der Waals surface area contributed by atoms with Crippen LogP contribution in [0.5, 0.6) is 0 Å². The van der Waals surface area contributed by atoms with Crippen molar-refractivity contribution in [2.75, 3.05) is 11.9 Å². The standard InChI is InChI=1S/C18H21N3O5S/c1-3-8-26-18(25)13-10-6-4-5-7-12(10)27-16(13)19-15(22)14-11(17(23)24)9-21(2)20-14/h9H,3-8H2,1-2H3,(H,19,22)(H,23,24). The Kier molecular flexibility index (Phi) is 5.59. The summed E-state index contributed by atoms with van der Waals surface area (Å²) in [7, 11) is 1.54. The van der Waals surface area contributed by atoms with Crippen molar-refractivity contribution < 1.29 is 24.2 Å². The van der Waals surface area contributed by atoms with Gasteiger partial charge in [-0.1, -0.05) is 6.92 Å². The molecule has 3 rings (SSSR count). The van der Waals surface area contributed by atoms with E-state index in [0.717, 1.165) is 36.1 Å². The lowest BCUT2D eigenvalue weighted by molar-refractivity contribution is 0.0505. The van der Waals surface area contributed by atoms with Gasteiger partial charge in [-0.15, -0.1) is 11.3 Å². The second-order valence-corrected chi connectivity index (χ2v) is 7.48. The summed E-state index contributed by atoms with van der Waals surface area (Å²) >= 11 is 1.35. The molecular formula is C18H21N3O5S. The van der Waals surface area contributed by atoms with Crippen molar-refractivity contribution in [2.45, 2.75) is 39.0 Å². The van der Waals surface area contributed by atoms with E-state index >= 15 is 0 Å². The fourth-order valence-corrected chi connectivity index (χ4v) is 4.38. The molecule has 2 aromatic heterocycles. The molecule has 27 heavy (non-hydrogen) atoms. The Hall–Kier alpha value is -2.68. The number of carboxylic acids is 1. The number of ether oxygens (including phenoxy) is 1. The van der Waals surface area contributed by atoms with E-state index in [1.54, 1.807) is 7.05 Å². The number of amides is 1.